The highest BCUT2D eigenvalue weighted by Crippen LogP contribution is 2.56. The molecule has 0 amide bonds. The van der Waals surface area contributed by atoms with Crippen molar-refractivity contribution in [2.75, 3.05) is 0 Å². The van der Waals surface area contributed by atoms with Gasteiger partial charge in [-0.2, -0.15) is 0 Å². The molecule has 5 aromatic rings. The van der Waals surface area contributed by atoms with Gasteiger partial charge in [-0.05, 0) is 113 Å². The van der Waals surface area contributed by atoms with Crippen LogP contribution in [-0.4, -0.2) is 0 Å². The van der Waals surface area contributed by atoms with Crippen molar-refractivity contribution in [2.45, 2.75) is 44.9 Å². The van der Waals surface area contributed by atoms with Crippen molar-refractivity contribution < 1.29 is 0 Å². The first kappa shape index (κ1) is 23.0. The van der Waals surface area contributed by atoms with Gasteiger partial charge in [0, 0.05) is 26.5 Å². The zero-order valence-corrected chi connectivity index (χ0v) is 23.9. The van der Waals surface area contributed by atoms with Crippen LogP contribution in [0.3, 0.4) is 0 Å². The fourth-order valence-electron chi connectivity index (χ4n) is 7.33. The molecule has 2 bridgehead atoms. The molecule has 0 aliphatic heterocycles. The van der Waals surface area contributed by atoms with Gasteiger partial charge in [0.05, 0.1) is 4.34 Å². The minimum atomic E-state index is 0.318. The van der Waals surface area contributed by atoms with Crippen LogP contribution in [0.1, 0.15) is 85.4 Å². The summed E-state index contributed by atoms with van der Waals surface area (Å²) in [7, 11) is 0. The highest BCUT2D eigenvalue weighted by atomic mass is 35.5. The van der Waals surface area contributed by atoms with Gasteiger partial charge in [0.1, 0.15) is 0 Å². The molecule has 4 aliphatic rings. The molecule has 4 aliphatic carbocycles. The molecule has 0 radical (unpaired) electrons. The van der Waals surface area contributed by atoms with Gasteiger partial charge in [-0.15, -0.1) is 22.7 Å². The van der Waals surface area contributed by atoms with Crippen LogP contribution >= 0.6 is 34.3 Å². The van der Waals surface area contributed by atoms with E-state index in [-0.39, 0.29) is 0 Å². The Labute approximate surface area is 237 Å². The fourth-order valence-corrected chi connectivity index (χ4v) is 9.59. The van der Waals surface area contributed by atoms with Crippen molar-refractivity contribution in [3.8, 4) is 10.4 Å². The summed E-state index contributed by atoms with van der Waals surface area (Å²) < 4.78 is 0.894. The molecule has 0 atom stereocenters. The van der Waals surface area contributed by atoms with Crippen molar-refractivity contribution in [1.82, 2.24) is 0 Å². The highest BCUT2D eigenvalue weighted by Gasteiger charge is 2.41. The lowest BCUT2D eigenvalue weighted by Gasteiger charge is -2.42. The molecule has 3 heteroatoms. The predicted octanol–water partition coefficient (Wildman–Crippen LogP) is 10.8. The van der Waals surface area contributed by atoms with Crippen LogP contribution in [0.25, 0.3) is 21.6 Å². The highest BCUT2D eigenvalue weighted by molar-refractivity contribution is 7.16. The first-order chi connectivity index (χ1) is 18.6. The van der Waals surface area contributed by atoms with E-state index in [9.17, 15) is 0 Å². The van der Waals surface area contributed by atoms with Gasteiger partial charge in [0.15, 0.2) is 0 Å². The Hall–Kier alpha value is -2.91. The zero-order chi connectivity index (χ0) is 25.5. The second kappa shape index (κ2) is 8.55. The Morgan fingerprint density at radius 1 is 0.605 bits per heavy atom. The van der Waals surface area contributed by atoms with Crippen molar-refractivity contribution in [3.63, 3.8) is 0 Å². The van der Waals surface area contributed by atoms with Crippen LogP contribution in [0.5, 0.6) is 0 Å². The van der Waals surface area contributed by atoms with Gasteiger partial charge in [-0.1, -0.05) is 72.3 Å². The smallest absolute Gasteiger partial charge is 0.0937 e. The van der Waals surface area contributed by atoms with E-state index < -0.39 is 0 Å². The molecule has 9 rings (SSSR count). The van der Waals surface area contributed by atoms with Crippen molar-refractivity contribution >= 4 is 45.4 Å². The molecule has 0 saturated heterocycles. The molecule has 0 spiro atoms. The molecule has 0 unspecified atom stereocenters. The average molecular weight is 547 g/mol. The van der Waals surface area contributed by atoms with Crippen molar-refractivity contribution in [3.05, 3.63) is 137 Å². The Kier molecular flexibility index (Phi) is 5.18. The summed E-state index contributed by atoms with van der Waals surface area (Å²) in [4.78, 5) is 4.13. The number of aryl methyl sites for hydroxylation is 2. The minimum absolute atomic E-state index is 0.318. The number of allylic oxidation sites excluding steroid dienone is 2. The topological polar surface area (TPSA) is 0 Å². The Morgan fingerprint density at radius 3 is 1.71 bits per heavy atom. The van der Waals surface area contributed by atoms with E-state index in [0.29, 0.717) is 11.8 Å². The molecule has 0 fully saturated rings. The number of halogens is 1. The number of hydrogen-bond acceptors (Lipinski definition) is 2. The average Bonchev–Trinajstić information content (AvgIpc) is 3.65. The monoisotopic (exact) mass is 546 g/mol. The Bertz CT molecular complexity index is 1750. The first-order valence-electron chi connectivity index (χ1n) is 13.5. The van der Waals surface area contributed by atoms with Gasteiger partial charge in [-0.25, -0.2) is 0 Å². The Balaban J connectivity index is 1.25. The second-order valence-corrected chi connectivity index (χ2v) is 14.0. The number of rotatable bonds is 3. The molecule has 0 saturated carbocycles. The maximum absolute atomic E-state index is 6.40. The van der Waals surface area contributed by atoms with Crippen LogP contribution < -0.4 is 0 Å². The lowest BCUT2D eigenvalue weighted by Crippen LogP contribution is -2.27. The summed E-state index contributed by atoms with van der Waals surface area (Å²) >= 11 is 10.0. The molecular formula is C35H27ClS2. The van der Waals surface area contributed by atoms with Crippen LogP contribution in [0.15, 0.2) is 78.9 Å². The lowest BCUT2D eigenvalue weighted by atomic mass is 9.61. The molecule has 2 heterocycles. The summed E-state index contributed by atoms with van der Waals surface area (Å²) in [6.45, 7) is 4.50. The van der Waals surface area contributed by atoms with E-state index >= 15 is 0 Å². The van der Waals surface area contributed by atoms with Crippen molar-refractivity contribution in [2.24, 2.45) is 0 Å². The molecule has 3 aromatic carbocycles. The SMILES string of the molecule is Cc1sc(Cl)cc1C1=C(c2cc(-c3ccc4c(c3)C3c5ccccc5C4c4ccccc43)sc2C)CCC1. The normalized spacial score (nSPS) is 19.0. The van der Waals surface area contributed by atoms with Gasteiger partial charge in [0.25, 0.3) is 0 Å². The fraction of sp³-hybridized carbons (Fsp3) is 0.200. The van der Waals surface area contributed by atoms with E-state index in [4.69, 9.17) is 11.6 Å². The third kappa shape index (κ3) is 3.27. The van der Waals surface area contributed by atoms with Gasteiger partial charge in [0.2, 0.25) is 0 Å². The maximum Gasteiger partial charge on any atom is 0.0937 e. The third-order valence-electron chi connectivity index (χ3n) is 8.90. The predicted molar refractivity (Wildman–Crippen MR) is 164 cm³/mol. The maximum atomic E-state index is 6.40. The van der Waals surface area contributed by atoms with E-state index in [1.165, 1.54) is 82.3 Å². The standard InChI is InChI=1S/C35H27ClS2/c1-19-29(22-12-7-13-23(22)30-18-33(36)38-20(30)2)17-32(37-19)21-14-15-28-31(16-21)35-26-10-5-3-8-24(26)34(28)25-9-4-6-11-27(25)35/h3-6,8-11,14-18,34-35H,7,12-13H2,1-2H3. The molecule has 2 aromatic heterocycles. The van der Waals surface area contributed by atoms with Crippen molar-refractivity contribution in [1.29, 1.82) is 0 Å². The lowest BCUT2D eigenvalue weighted by molar-refractivity contribution is 0.755. The van der Waals surface area contributed by atoms with E-state index in [2.05, 4.69) is 92.7 Å². The molecule has 186 valence electrons. The largest absolute Gasteiger partial charge is 0.140 e. The summed E-state index contributed by atoms with van der Waals surface area (Å²) in [6.07, 6.45) is 3.53. The summed E-state index contributed by atoms with van der Waals surface area (Å²) in [5.41, 5.74) is 16.1. The molecule has 0 nitrogen and oxygen atoms in total. The van der Waals surface area contributed by atoms with E-state index in [1.807, 2.05) is 11.3 Å². The van der Waals surface area contributed by atoms with Crippen LogP contribution in [-0.2, 0) is 0 Å². The zero-order valence-electron chi connectivity index (χ0n) is 21.5. The first-order valence-corrected chi connectivity index (χ1v) is 15.5. The number of hydrogen-bond donors (Lipinski definition) is 0. The second-order valence-electron chi connectivity index (χ2n) is 10.9. The van der Waals surface area contributed by atoms with Crippen LogP contribution in [0.4, 0.5) is 0 Å². The minimum Gasteiger partial charge on any atom is -0.140 e. The summed E-state index contributed by atoms with van der Waals surface area (Å²) in [5, 5.41) is 0. The quantitative estimate of drug-likeness (QED) is 0.207. The van der Waals surface area contributed by atoms with Crippen LogP contribution in [0, 0.1) is 13.8 Å². The molecule has 38 heavy (non-hydrogen) atoms. The van der Waals surface area contributed by atoms with Gasteiger partial charge < -0.3 is 0 Å². The Morgan fingerprint density at radius 2 is 1.13 bits per heavy atom. The van der Waals surface area contributed by atoms with Crippen LogP contribution in [0.2, 0.25) is 4.34 Å². The van der Waals surface area contributed by atoms with E-state index in [1.54, 1.807) is 11.3 Å². The number of benzene rings is 3. The summed E-state index contributed by atoms with van der Waals surface area (Å²) in [6, 6.07) is 30.1. The molecular weight excluding hydrogens is 520 g/mol. The van der Waals surface area contributed by atoms with E-state index in [0.717, 1.165) is 17.2 Å². The van der Waals surface area contributed by atoms with Gasteiger partial charge in [-0.3, -0.25) is 0 Å². The third-order valence-corrected chi connectivity index (χ3v) is 11.2. The van der Waals surface area contributed by atoms with Gasteiger partial charge >= 0.3 is 0 Å². The molecule has 0 N–H and O–H groups in total. The number of thiophene rings is 2. The summed E-state index contributed by atoms with van der Waals surface area (Å²) in [5.74, 6) is 0.655.